The zero-order valence-corrected chi connectivity index (χ0v) is 12.5. The van der Waals surface area contributed by atoms with Crippen LogP contribution >= 0.6 is 0 Å². The van der Waals surface area contributed by atoms with Gasteiger partial charge < -0.3 is 4.90 Å². The molecule has 1 nitrogen and oxygen atoms in total. The van der Waals surface area contributed by atoms with Gasteiger partial charge in [0.15, 0.2) is 0 Å². The van der Waals surface area contributed by atoms with Crippen molar-refractivity contribution in [1.29, 1.82) is 0 Å². The van der Waals surface area contributed by atoms with Crippen LogP contribution in [-0.2, 0) is 0 Å². The Kier molecular flexibility index (Phi) is 6.26. The summed E-state index contributed by atoms with van der Waals surface area (Å²) in [7, 11) is 0. The highest BCUT2D eigenvalue weighted by molar-refractivity contribution is 5.46. The van der Waals surface area contributed by atoms with Gasteiger partial charge in [-0.2, -0.15) is 0 Å². The van der Waals surface area contributed by atoms with Crippen LogP contribution in [0, 0.1) is 5.92 Å². The minimum atomic E-state index is 0.988. The Morgan fingerprint density at radius 3 is 2.32 bits per heavy atom. The zero-order chi connectivity index (χ0) is 13.3. The zero-order valence-electron chi connectivity index (χ0n) is 12.5. The molecule has 1 aliphatic heterocycles. The molecule has 0 aromatic heterocycles. The molecule has 2 rings (SSSR count). The van der Waals surface area contributed by atoms with Crippen molar-refractivity contribution in [2.75, 3.05) is 18.0 Å². The molecule has 1 fully saturated rings. The standard InChI is InChI=1S/C18H29N/c1-2-3-4-5-7-10-17-13-15-19(16-14-17)18-11-8-6-9-12-18/h6,8-9,11-12,17H,2-5,7,10,13-16H2,1H3. The molecule has 1 saturated heterocycles. The van der Waals surface area contributed by atoms with Gasteiger partial charge in [0.05, 0.1) is 0 Å². The van der Waals surface area contributed by atoms with Crippen LogP contribution < -0.4 is 4.90 Å². The molecule has 0 bridgehead atoms. The van der Waals surface area contributed by atoms with E-state index in [9.17, 15) is 0 Å². The maximum Gasteiger partial charge on any atom is 0.0366 e. The van der Waals surface area contributed by atoms with Gasteiger partial charge in [0.2, 0.25) is 0 Å². The summed E-state index contributed by atoms with van der Waals surface area (Å²) in [5.74, 6) is 0.988. The van der Waals surface area contributed by atoms with Gasteiger partial charge in [-0.15, -0.1) is 0 Å². The predicted octanol–water partition coefficient (Wildman–Crippen LogP) is 5.26. The SMILES string of the molecule is CCCCCCCC1CCN(c2ccccc2)CC1. The van der Waals surface area contributed by atoms with E-state index < -0.39 is 0 Å². The lowest BCUT2D eigenvalue weighted by molar-refractivity contribution is 0.366. The Morgan fingerprint density at radius 2 is 1.63 bits per heavy atom. The molecule has 1 heterocycles. The van der Waals surface area contributed by atoms with Crippen LogP contribution in [0.4, 0.5) is 5.69 Å². The lowest BCUT2D eigenvalue weighted by atomic mass is 9.91. The van der Waals surface area contributed by atoms with E-state index in [4.69, 9.17) is 0 Å². The summed E-state index contributed by atoms with van der Waals surface area (Å²) < 4.78 is 0. The molecular formula is C18H29N. The van der Waals surface area contributed by atoms with E-state index in [-0.39, 0.29) is 0 Å². The van der Waals surface area contributed by atoms with Crippen LogP contribution in [0.25, 0.3) is 0 Å². The molecule has 0 amide bonds. The third-order valence-electron chi connectivity index (χ3n) is 4.45. The topological polar surface area (TPSA) is 3.24 Å². The second-order valence-corrected chi connectivity index (χ2v) is 5.97. The van der Waals surface area contributed by atoms with Gasteiger partial charge in [-0.25, -0.2) is 0 Å². The Morgan fingerprint density at radius 1 is 0.947 bits per heavy atom. The normalized spacial score (nSPS) is 16.8. The van der Waals surface area contributed by atoms with Crippen molar-refractivity contribution < 1.29 is 0 Å². The van der Waals surface area contributed by atoms with Crippen LogP contribution in [-0.4, -0.2) is 13.1 Å². The lowest BCUT2D eigenvalue weighted by Gasteiger charge is -2.33. The maximum atomic E-state index is 2.55. The molecule has 1 heteroatoms. The highest BCUT2D eigenvalue weighted by Crippen LogP contribution is 2.26. The Balaban J connectivity index is 1.63. The number of hydrogen-bond acceptors (Lipinski definition) is 1. The first kappa shape index (κ1) is 14.4. The highest BCUT2D eigenvalue weighted by atomic mass is 15.1. The monoisotopic (exact) mass is 259 g/mol. The van der Waals surface area contributed by atoms with Crippen LogP contribution in [0.5, 0.6) is 0 Å². The van der Waals surface area contributed by atoms with Gasteiger partial charge in [-0.05, 0) is 30.9 Å². The average molecular weight is 259 g/mol. The summed E-state index contributed by atoms with van der Waals surface area (Å²) in [6.45, 7) is 4.80. The van der Waals surface area contributed by atoms with E-state index in [0.29, 0.717) is 0 Å². The molecule has 0 unspecified atom stereocenters. The molecule has 0 spiro atoms. The summed E-state index contributed by atoms with van der Waals surface area (Å²) in [5.41, 5.74) is 1.41. The summed E-state index contributed by atoms with van der Waals surface area (Å²) in [6, 6.07) is 10.9. The molecule has 0 saturated carbocycles. The Bertz CT molecular complexity index is 325. The molecule has 0 aliphatic carbocycles. The predicted molar refractivity (Wildman–Crippen MR) is 84.8 cm³/mol. The van der Waals surface area contributed by atoms with Crippen molar-refractivity contribution in [3.63, 3.8) is 0 Å². The first-order valence-corrected chi connectivity index (χ1v) is 8.20. The van der Waals surface area contributed by atoms with Crippen molar-refractivity contribution in [2.45, 2.75) is 58.3 Å². The smallest absolute Gasteiger partial charge is 0.0366 e. The fourth-order valence-corrected chi connectivity index (χ4v) is 3.16. The number of rotatable bonds is 7. The van der Waals surface area contributed by atoms with Gasteiger partial charge in [0, 0.05) is 18.8 Å². The fraction of sp³-hybridized carbons (Fsp3) is 0.667. The van der Waals surface area contributed by atoms with E-state index in [1.54, 1.807) is 0 Å². The van der Waals surface area contributed by atoms with Crippen LogP contribution in [0.2, 0.25) is 0 Å². The van der Waals surface area contributed by atoms with E-state index in [1.807, 2.05) is 0 Å². The second-order valence-electron chi connectivity index (χ2n) is 5.97. The van der Waals surface area contributed by atoms with E-state index >= 15 is 0 Å². The quantitative estimate of drug-likeness (QED) is 0.603. The van der Waals surface area contributed by atoms with Crippen molar-refractivity contribution in [3.05, 3.63) is 30.3 Å². The summed E-state index contributed by atoms with van der Waals surface area (Å²) in [5, 5.41) is 0. The first-order chi connectivity index (χ1) is 9.40. The molecule has 19 heavy (non-hydrogen) atoms. The van der Waals surface area contributed by atoms with Gasteiger partial charge >= 0.3 is 0 Å². The third-order valence-corrected chi connectivity index (χ3v) is 4.45. The largest absolute Gasteiger partial charge is 0.372 e. The van der Waals surface area contributed by atoms with Gasteiger partial charge in [0.25, 0.3) is 0 Å². The van der Waals surface area contributed by atoms with E-state index in [1.165, 1.54) is 70.1 Å². The number of piperidine rings is 1. The number of anilines is 1. The third kappa shape index (κ3) is 4.89. The van der Waals surface area contributed by atoms with Crippen molar-refractivity contribution >= 4 is 5.69 Å². The number of hydrogen-bond donors (Lipinski definition) is 0. The summed E-state index contributed by atoms with van der Waals surface area (Å²) >= 11 is 0. The van der Waals surface area contributed by atoms with Crippen molar-refractivity contribution in [2.24, 2.45) is 5.92 Å². The van der Waals surface area contributed by atoms with Gasteiger partial charge in [0.1, 0.15) is 0 Å². The number of unbranched alkanes of at least 4 members (excludes halogenated alkanes) is 4. The van der Waals surface area contributed by atoms with Crippen LogP contribution in [0.15, 0.2) is 30.3 Å². The van der Waals surface area contributed by atoms with Crippen molar-refractivity contribution in [1.82, 2.24) is 0 Å². The minimum Gasteiger partial charge on any atom is -0.372 e. The summed E-state index contributed by atoms with van der Waals surface area (Å²) in [6.07, 6.45) is 11.4. The molecule has 1 aromatic carbocycles. The lowest BCUT2D eigenvalue weighted by Crippen LogP contribution is -2.33. The van der Waals surface area contributed by atoms with Crippen LogP contribution in [0.1, 0.15) is 58.3 Å². The molecule has 1 aromatic rings. The molecule has 0 atom stereocenters. The van der Waals surface area contributed by atoms with E-state index in [2.05, 4.69) is 42.2 Å². The first-order valence-electron chi connectivity index (χ1n) is 8.20. The molecule has 1 aliphatic rings. The Labute approximate surface area is 119 Å². The molecule has 106 valence electrons. The minimum absolute atomic E-state index is 0.988. The second kappa shape index (κ2) is 8.24. The fourth-order valence-electron chi connectivity index (χ4n) is 3.16. The number of nitrogens with zero attached hydrogens (tertiary/aromatic N) is 1. The van der Waals surface area contributed by atoms with Crippen molar-refractivity contribution in [3.8, 4) is 0 Å². The highest BCUT2D eigenvalue weighted by Gasteiger charge is 2.18. The van der Waals surface area contributed by atoms with Gasteiger partial charge in [-0.3, -0.25) is 0 Å². The van der Waals surface area contributed by atoms with Gasteiger partial charge in [-0.1, -0.05) is 63.6 Å². The van der Waals surface area contributed by atoms with Crippen LogP contribution in [0.3, 0.4) is 0 Å². The number of para-hydroxylation sites is 1. The van der Waals surface area contributed by atoms with E-state index in [0.717, 1.165) is 5.92 Å². The summed E-state index contributed by atoms with van der Waals surface area (Å²) in [4.78, 5) is 2.55. The molecule has 0 radical (unpaired) electrons. The maximum absolute atomic E-state index is 2.55. The average Bonchev–Trinajstić information content (AvgIpc) is 2.49. The Hall–Kier alpha value is -0.980. The number of benzene rings is 1. The molecular weight excluding hydrogens is 230 g/mol. The molecule has 0 N–H and O–H groups in total.